The van der Waals surface area contributed by atoms with Gasteiger partial charge in [0.15, 0.2) is 0 Å². The Labute approximate surface area is 124 Å². The van der Waals surface area contributed by atoms with E-state index in [4.69, 9.17) is 9.47 Å². The minimum Gasteiger partial charge on any atom is -0.457 e. The molecule has 0 radical (unpaired) electrons. The van der Waals surface area contributed by atoms with E-state index < -0.39 is 0 Å². The van der Waals surface area contributed by atoms with Crippen molar-refractivity contribution in [2.75, 3.05) is 25.7 Å². The normalized spacial score (nSPS) is 10.2. The van der Waals surface area contributed by atoms with Gasteiger partial charge in [-0.25, -0.2) is 0 Å². The second-order valence-electron chi connectivity index (χ2n) is 4.60. The predicted octanol–water partition coefficient (Wildman–Crippen LogP) is 3.48. The van der Waals surface area contributed by atoms with Crippen molar-refractivity contribution in [1.82, 2.24) is 0 Å². The summed E-state index contributed by atoms with van der Waals surface area (Å²) in [5.74, 6) is 1.55. The quantitative estimate of drug-likeness (QED) is 0.815. The van der Waals surface area contributed by atoms with Crippen LogP contribution in [-0.2, 0) is 9.53 Å². The molecule has 0 N–H and O–H groups in total. The summed E-state index contributed by atoms with van der Waals surface area (Å²) < 4.78 is 10.6. The molecule has 21 heavy (non-hydrogen) atoms. The maximum absolute atomic E-state index is 11.9. The van der Waals surface area contributed by atoms with E-state index in [2.05, 4.69) is 0 Å². The van der Waals surface area contributed by atoms with Gasteiger partial charge in [-0.3, -0.25) is 4.79 Å². The third-order valence-electron chi connectivity index (χ3n) is 3.10. The zero-order valence-electron chi connectivity index (χ0n) is 12.3. The van der Waals surface area contributed by atoms with Crippen molar-refractivity contribution in [2.45, 2.75) is 6.42 Å². The summed E-state index contributed by atoms with van der Waals surface area (Å²) in [4.78, 5) is 13.5. The van der Waals surface area contributed by atoms with Crippen LogP contribution in [-0.4, -0.2) is 26.7 Å². The van der Waals surface area contributed by atoms with E-state index >= 15 is 0 Å². The van der Waals surface area contributed by atoms with E-state index in [9.17, 15) is 4.79 Å². The monoisotopic (exact) mass is 285 g/mol. The number of methoxy groups -OCH3 is 1. The fraction of sp³-hybridized carbons (Fsp3) is 0.235. The third-order valence-corrected chi connectivity index (χ3v) is 3.10. The second-order valence-corrected chi connectivity index (χ2v) is 4.60. The Kier molecular flexibility index (Phi) is 5.35. The van der Waals surface area contributed by atoms with Crippen LogP contribution < -0.4 is 9.64 Å². The summed E-state index contributed by atoms with van der Waals surface area (Å²) in [5.41, 5.74) is 0.830. The highest BCUT2D eigenvalue weighted by Gasteiger charge is 2.10. The van der Waals surface area contributed by atoms with Gasteiger partial charge in [0.25, 0.3) is 0 Å². The first-order valence-corrected chi connectivity index (χ1v) is 6.79. The molecule has 0 fully saturated rings. The lowest BCUT2D eigenvalue weighted by atomic mass is 10.2. The molecule has 110 valence electrons. The van der Waals surface area contributed by atoms with Crippen molar-refractivity contribution in [3.05, 3.63) is 54.6 Å². The minimum absolute atomic E-state index is 0.0218. The molecule has 0 saturated heterocycles. The van der Waals surface area contributed by atoms with E-state index in [1.165, 1.54) is 0 Å². The van der Waals surface area contributed by atoms with Crippen molar-refractivity contribution in [3.63, 3.8) is 0 Å². The largest absolute Gasteiger partial charge is 0.457 e. The average Bonchev–Trinajstić information content (AvgIpc) is 2.53. The Morgan fingerprint density at radius 1 is 1.00 bits per heavy atom. The first kappa shape index (κ1) is 15.1. The van der Waals surface area contributed by atoms with Crippen molar-refractivity contribution in [1.29, 1.82) is 0 Å². The summed E-state index contributed by atoms with van der Waals surface area (Å²) >= 11 is 0. The van der Waals surface area contributed by atoms with Crippen LogP contribution in [0.15, 0.2) is 54.6 Å². The van der Waals surface area contributed by atoms with Crippen LogP contribution in [0, 0.1) is 0 Å². The average molecular weight is 285 g/mol. The van der Waals surface area contributed by atoms with Crippen molar-refractivity contribution < 1.29 is 14.3 Å². The molecule has 0 spiro atoms. The predicted molar refractivity (Wildman–Crippen MR) is 82.9 cm³/mol. The van der Waals surface area contributed by atoms with E-state index in [1.54, 1.807) is 19.1 Å². The van der Waals surface area contributed by atoms with Crippen molar-refractivity contribution in [3.8, 4) is 11.5 Å². The molecular weight excluding hydrogens is 266 g/mol. The van der Waals surface area contributed by atoms with E-state index in [0.29, 0.717) is 13.0 Å². The zero-order chi connectivity index (χ0) is 15.1. The molecule has 0 bridgehead atoms. The third kappa shape index (κ3) is 4.33. The molecule has 0 atom stereocenters. The molecule has 4 heteroatoms. The van der Waals surface area contributed by atoms with Gasteiger partial charge in [-0.1, -0.05) is 18.2 Å². The van der Waals surface area contributed by atoms with Crippen LogP contribution in [0.5, 0.6) is 11.5 Å². The first-order chi connectivity index (χ1) is 10.2. The fourth-order valence-corrected chi connectivity index (χ4v) is 1.86. The summed E-state index contributed by atoms with van der Waals surface area (Å²) in [5, 5.41) is 0. The Bertz CT molecular complexity index is 566. The van der Waals surface area contributed by atoms with Crippen LogP contribution in [0.4, 0.5) is 5.69 Å². The summed E-state index contributed by atoms with van der Waals surface area (Å²) in [6, 6.07) is 17.0. The highest BCUT2D eigenvalue weighted by Crippen LogP contribution is 2.24. The van der Waals surface area contributed by atoms with Gasteiger partial charge in [-0.15, -0.1) is 0 Å². The number of hydrogen-bond donors (Lipinski definition) is 0. The molecule has 0 aliphatic carbocycles. The molecule has 0 saturated carbocycles. The fourth-order valence-electron chi connectivity index (χ4n) is 1.86. The molecule has 0 aliphatic heterocycles. The molecule has 1 amide bonds. The topological polar surface area (TPSA) is 38.8 Å². The van der Waals surface area contributed by atoms with Crippen LogP contribution in [0.3, 0.4) is 0 Å². The molecule has 4 nitrogen and oxygen atoms in total. The SMILES string of the molecule is COCCC(=O)N(C)c1ccc(Oc2ccccc2)cc1. The van der Waals surface area contributed by atoms with Gasteiger partial charge < -0.3 is 14.4 Å². The number of hydrogen-bond acceptors (Lipinski definition) is 3. The molecule has 0 aliphatic rings. The van der Waals surface area contributed by atoms with Crippen LogP contribution >= 0.6 is 0 Å². The highest BCUT2D eigenvalue weighted by atomic mass is 16.5. The van der Waals surface area contributed by atoms with E-state index in [-0.39, 0.29) is 5.91 Å². The highest BCUT2D eigenvalue weighted by molar-refractivity contribution is 5.92. The maximum Gasteiger partial charge on any atom is 0.229 e. The van der Waals surface area contributed by atoms with Gasteiger partial charge in [-0.05, 0) is 36.4 Å². The lowest BCUT2D eigenvalue weighted by molar-refractivity contribution is -0.119. The molecule has 0 unspecified atom stereocenters. The van der Waals surface area contributed by atoms with E-state index in [0.717, 1.165) is 17.2 Å². The number of ether oxygens (including phenoxy) is 2. The number of rotatable bonds is 6. The summed E-state index contributed by atoms with van der Waals surface area (Å²) in [7, 11) is 3.34. The Morgan fingerprint density at radius 3 is 2.24 bits per heavy atom. The number of benzene rings is 2. The molecule has 2 rings (SSSR count). The van der Waals surface area contributed by atoms with Crippen LogP contribution in [0.25, 0.3) is 0 Å². The number of carbonyl (C=O) groups is 1. The first-order valence-electron chi connectivity index (χ1n) is 6.79. The molecule has 0 heterocycles. The Balaban J connectivity index is 2.00. The molecule has 2 aromatic rings. The Morgan fingerprint density at radius 2 is 1.62 bits per heavy atom. The van der Waals surface area contributed by atoms with Gasteiger partial charge in [0.1, 0.15) is 11.5 Å². The van der Waals surface area contributed by atoms with Gasteiger partial charge >= 0.3 is 0 Å². The number of nitrogens with zero attached hydrogens (tertiary/aromatic N) is 1. The van der Waals surface area contributed by atoms with E-state index in [1.807, 2.05) is 54.6 Å². The maximum atomic E-state index is 11.9. The van der Waals surface area contributed by atoms with Crippen molar-refractivity contribution in [2.24, 2.45) is 0 Å². The number of para-hydroxylation sites is 1. The van der Waals surface area contributed by atoms with Crippen LogP contribution in [0.1, 0.15) is 6.42 Å². The summed E-state index contributed by atoms with van der Waals surface area (Å²) in [6.45, 7) is 0.429. The number of carbonyl (C=O) groups excluding carboxylic acids is 1. The van der Waals surface area contributed by atoms with Crippen molar-refractivity contribution >= 4 is 11.6 Å². The molecular formula is C17H19NO3. The van der Waals surface area contributed by atoms with Gasteiger partial charge in [0.2, 0.25) is 5.91 Å². The van der Waals surface area contributed by atoms with Gasteiger partial charge in [-0.2, -0.15) is 0 Å². The molecule has 0 aromatic heterocycles. The number of amides is 1. The second kappa shape index (κ2) is 7.45. The standard InChI is InChI=1S/C17H19NO3/c1-18(17(19)12-13-20-2)14-8-10-16(11-9-14)21-15-6-4-3-5-7-15/h3-11H,12-13H2,1-2H3. The lowest BCUT2D eigenvalue weighted by Crippen LogP contribution is -2.26. The zero-order valence-corrected chi connectivity index (χ0v) is 12.3. The van der Waals surface area contributed by atoms with Gasteiger partial charge in [0.05, 0.1) is 13.0 Å². The molecule has 2 aromatic carbocycles. The van der Waals surface area contributed by atoms with Gasteiger partial charge in [0, 0.05) is 19.8 Å². The van der Waals surface area contributed by atoms with Crippen LogP contribution in [0.2, 0.25) is 0 Å². The number of anilines is 1. The summed E-state index contributed by atoms with van der Waals surface area (Å²) in [6.07, 6.45) is 0.370. The minimum atomic E-state index is 0.0218. The lowest BCUT2D eigenvalue weighted by Gasteiger charge is -2.17. The smallest absolute Gasteiger partial charge is 0.229 e. The Hall–Kier alpha value is -2.33.